The highest BCUT2D eigenvalue weighted by Crippen LogP contribution is 2.32. The van der Waals surface area contributed by atoms with Crippen LogP contribution in [0.1, 0.15) is 12.8 Å². The minimum absolute atomic E-state index is 0.628. The van der Waals surface area contributed by atoms with Gasteiger partial charge in [-0.05, 0) is 49.7 Å². The van der Waals surface area contributed by atoms with Crippen molar-refractivity contribution in [3.63, 3.8) is 0 Å². The van der Waals surface area contributed by atoms with Crippen molar-refractivity contribution in [2.75, 3.05) is 37.6 Å². The largest absolute Gasteiger partial charge is 0.368 e. The Morgan fingerprint density at radius 2 is 1.70 bits per heavy atom. The fraction of sp³-hybridized carbons (Fsp3) is 0.381. The molecule has 1 aromatic carbocycles. The molecule has 0 amide bonds. The van der Waals surface area contributed by atoms with Crippen LogP contribution in [0.4, 0.5) is 5.69 Å². The number of piperazine rings is 1. The molecule has 0 aliphatic carbocycles. The third kappa shape index (κ3) is 4.23. The van der Waals surface area contributed by atoms with E-state index in [1.807, 2.05) is 24.4 Å². The summed E-state index contributed by atoms with van der Waals surface area (Å²) in [7, 11) is 0. The molecule has 0 unspecified atom stereocenters. The van der Waals surface area contributed by atoms with Gasteiger partial charge in [0.1, 0.15) is 5.65 Å². The predicted octanol–water partition coefficient (Wildman–Crippen LogP) is 4.95. The summed E-state index contributed by atoms with van der Waals surface area (Å²) >= 11 is 12.5. The van der Waals surface area contributed by atoms with Crippen molar-refractivity contribution in [3.8, 4) is 0 Å². The van der Waals surface area contributed by atoms with Crippen LogP contribution in [0.15, 0.2) is 48.8 Å². The monoisotopic (exact) mass is 402 g/mol. The molecular formula is C21H24Cl2N4. The molecule has 0 spiro atoms. The van der Waals surface area contributed by atoms with Crippen LogP contribution < -0.4 is 4.90 Å². The number of aromatic nitrogens is 2. The number of pyridine rings is 1. The van der Waals surface area contributed by atoms with Crippen molar-refractivity contribution in [1.29, 1.82) is 0 Å². The van der Waals surface area contributed by atoms with Gasteiger partial charge in [0.15, 0.2) is 0 Å². The summed E-state index contributed by atoms with van der Waals surface area (Å²) in [6.07, 6.45) is 6.38. The second-order valence-corrected chi connectivity index (χ2v) is 7.82. The molecule has 0 radical (unpaired) electrons. The lowest BCUT2D eigenvalue weighted by molar-refractivity contribution is 0.251. The third-order valence-corrected chi connectivity index (χ3v) is 6.10. The van der Waals surface area contributed by atoms with E-state index < -0.39 is 0 Å². The first-order valence-electron chi connectivity index (χ1n) is 9.53. The van der Waals surface area contributed by atoms with Gasteiger partial charge in [-0.15, -0.1) is 0 Å². The molecule has 1 fully saturated rings. The van der Waals surface area contributed by atoms with E-state index in [-0.39, 0.29) is 0 Å². The lowest BCUT2D eigenvalue weighted by Gasteiger charge is -2.36. The molecule has 4 nitrogen and oxygen atoms in total. The second kappa shape index (κ2) is 8.51. The highest BCUT2D eigenvalue weighted by Gasteiger charge is 2.19. The normalized spacial score (nSPS) is 15.6. The Kier molecular flexibility index (Phi) is 5.86. The van der Waals surface area contributed by atoms with E-state index in [1.165, 1.54) is 18.2 Å². The Morgan fingerprint density at radius 1 is 0.889 bits per heavy atom. The predicted molar refractivity (Wildman–Crippen MR) is 114 cm³/mol. The van der Waals surface area contributed by atoms with Crippen LogP contribution in [-0.4, -0.2) is 47.2 Å². The fourth-order valence-electron chi connectivity index (χ4n) is 3.77. The van der Waals surface area contributed by atoms with Crippen LogP contribution in [-0.2, 0) is 6.54 Å². The van der Waals surface area contributed by atoms with Crippen molar-refractivity contribution >= 4 is 39.9 Å². The number of benzene rings is 1. The van der Waals surface area contributed by atoms with Crippen molar-refractivity contribution in [1.82, 2.24) is 14.5 Å². The van der Waals surface area contributed by atoms with Gasteiger partial charge in [0.25, 0.3) is 0 Å². The number of anilines is 1. The molecule has 4 rings (SSSR count). The Hall–Kier alpha value is -1.75. The molecule has 0 atom stereocenters. The third-order valence-electron chi connectivity index (χ3n) is 5.29. The standard InChI is InChI=1S/C21H24Cl2N4/c22-18-6-3-7-19(20(18)23)26-15-13-25(14-16-26)10-1-2-11-27-12-8-17-5-4-9-24-21(17)27/h3-9,12H,1-2,10-11,13-16H2. The number of fused-ring (bicyclic) bond motifs is 1. The maximum absolute atomic E-state index is 6.36. The van der Waals surface area contributed by atoms with E-state index in [1.54, 1.807) is 0 Å². The maximum Gasteiger partial charge on any atom is 0.139 e. The molecule has 2 aromatic heterocycles. The second-order valence-electron chi connectivity index (χ2n) is 7.03. The highest BCUT2D eigenvalue weighted by atomic mass is 35.5. The molecule has 3 heterocycles. The van der Waals surface area contributed by atoms with Gasteiger partial charge in [-0.3, -0.25) is 4.90 Å². The smallest absolute Gasteiger partial charge is 0.139 e. The van der Waals surface area contributed by atoms with Gasteiger partial charge >= 0.3 is 0 Å². The average molecular weight is 403 g/mol. The molecule has 6 heteroatoms. The molecule has 3 aromatic rings. The van der Waals surface area contributed by atoms with Crippen LogP contribution in [0, 0.1) is 0 Å². The van der Waals surface area contributed by atoms with Crippen LogP contribution in [0.5, 0.6) is 0 Å². The number of nitrogens with zero attached hydrogens (tertiary/aromatic N) is 4. The Bertz CT molecular complexity index is 900. The topological polar surface area (TPSA) is 24.3 Å². The molecule has 1 aliphatic rings. The molecule has 142 valence electrons. The van der Waals surface area contributed by atoms with Gasteiger partial charge in [0, 0.05) is 50.5 Å². The molecular weight excluding hydrogens is 379 g/mol. The van der Waals surface area contributed by atoms with E-state index in [9.17, 15) is 0 Å². The number of halogens is 2. The molecule has 27 heavy (non-hydrogen) atoms. The lowest BCUT2D eigenvalue weighted by atomic mass is 10.2. The SMILES string of the molecule is Clc1cccc(N2CCN(CCCCn3ccc4cccnc43)CC2)c1Cl. The zero-order chi connectivity index (χ0) is 18.6. The van der Waals surface area contributed by atoms with Crippen LogP contribution in [0.2, 0.25) is 10.0 Å². The molecule has 1 saturated heterocycles. The molecule has 0 bridgehead atoms. The van der Waals surface area contributed by atoms with E-state index >= 15 is 0 Å². The van der Waals surface area contributed by atoms with Gasteiger partial charge in [-0.1, -0.05) is 29.3 Å². The van der Waals surface area contributed by atoms with Gasteiger partial charge in [0.05, 0.1) is 15.7 Å². The van der Waals surface area contributed by atoms with Gasteiger partial charge in [-0.2, -0.15) is 0 Å². The van der Waals surface area contributed by atoms with Gasteiger partial charge in [-0.25, -0.2) is 4.98 Å². The number of unbranched alkanes of at least 4 members (excludes halogenated alkanes) is 1. The first kappa shape index (κ1) is 18.6. The van der Waals surface area contributed by atoms with E-state index in [4.69, 9.17) is 23.2 Å². The Morgan fingerprint density at radius 3 is 2.56 bits per heavy atom. The van der Waals surface area contributed by atoms with Crippen LogP contribution >= 0.6 is 23.2 Å². The first-order valence-corrected chi connectivity index (χ1v) is 10.3. The number of hydrogen-bond acceptors (Lipinski definition) is 3. The Balaban J connectivity index is 1.22. The Labute approximate surface area is 170 Å². The maximum atomic E-state index is 6.36. The summed E-state index contributed by atoms with van der Waals surface area (Å²) in [5.74, 6) is 0. The van der Waals surface area contributed by atoms with Crippen molar-refractivity contribution in [3.05, 3.63) is 58.8 Å². The minimum Gasteiger partial charge on any atom is -0.368 e. The first-order chi connectivity index (χ1) is 13.2. The number of rotatable bonds is 6. The molecule has 0 saturated carbocycles. The number of aryl methyl sites for hydroxylation is 1. The van der Waals surface area contributed by atoms with Crippen molar-refractivity contribution in [2.24, 2.45) is 0 Å². The fourth-order valence-corrected chi connectivity index (χ4v) is 4.18. The van der Waals surface area contributed by atoms with Gasteiger partial charge < -0.3 is 9.47 Å². The zero-order valence-corrected chi connectivity index (χ0v) is 16.8. The van der Waals surface area contributed by atoms with E-state index in [0.717, 1.165) is 50.6 Å². The summed E-state index contributed by atoms with van der Waals surface area (Å²) in [6, 6.07) is 12.1. The quantitative estimate of drug-likeness (QED) is 0.545. The lowest BCUT2D eigenvalue weighted by Crippen LogP contribution is -2.46. The summed E-state index contributed by atoms with van der Waals surface area (Å²) < 4.78 is 2.26. The van der Waals surface area contributed by atoms with Gasteiger partial charge in [0.2, 0.25) is 0 Å². The van der Waals surface area contributed by atoms with Crippen LogP contribution in [0.25, 0.3) is 11.0 Å². The zero-order valence-electron chi connectivity index (χ0n) is 15.3. The van der Waals surface area contributed by atoms with Crippen LogP contribution in [0.3, 0.4) is 0 Å². The summed E-state index contributed by atoms with van der Waals surface area (Å²) in [6.45, 7) is 6.29. The number of hydrogen-bond donors (Lipinski definition) is 0. The summed E-state index contributed by atoms with van der Waals surface area (Å²) in [5.41, 5.74) is 2.14. The average Bonchev–Trinajstić information content (AvgIpc) is 3.11. The summed E-state index contributed by atoms with van der Waals surface area (Å²) in [5, 5.41) is 2.51. The minimum atomic E-state index is 0.628. The molecule has 0 N–H and O–H groups in total. The van der Waals surface area contributed by atoms with E-state index in [2.05, 4.69) is 43.7 Å². The molecule has 1 aliphatic heterocycles. The van der Waals surface area contributed by atoms with Crippen molar-refractivity contribution < 1.29 is 0 Å². The van der Waals surface area contributed by atoms with E-state index in [0.29, 0.717) is 10.0 Å². The summed E-state index contributed by atoms with van der Waals surface area (Å²) in [4.78, 5) is 9.37. The van der Waals surface area contributed by atoms with Crippen molar-refractivity contribution in [2.45, 2.75) is 19.4 Å². The highest BCUT2D eigenvalue weighted by molar-refractivity contribution is 6.43.